The minimum atomic E-state index is -0.462. The van der Waals surface area contributed by atoms with Gasteiger partial charge in [0.2, 0.25) is 0 Å². The summed E-state index contributed by atoms with van der Waals surface area (Å²) in [6.07, 6.45) is 2.91. The number of benzene rings is 1. The number of para-hydroxylation sites is 2. The van der Waals surface area contributed by atoms with Gasteiger partial charge in [-0.25, -0.2) is 4.98 Å². The molecule has 6 heteroatoms. The van der Waals surface area contributed by atoms with Crippen LogP contribution in [0.4, 0.5) is 5.69 Å². The molecule has 1 aromatic heterocycles. The smallest absolute Gasteiger partial charge is 0.293 e. The largest absolute Gasteiger partial charge is 0.390 e. The van der Waals surface area contributed by atoms with E-state index >= 15 is 0 Å². The Morgan fingerprint density at radius 2 is 2.19 bits per heavy atom. The van der Waals surface area contributed by atoms with Crippen molar-refractivity contribution in [1.82, 2.24) is 9.55 Å². The van der Waals surface area contributed by atoms with Gasteiger partial charge in [0.1, 0.15) is 5.69 Å². The predicted octanol–water partition coefficient (Wildman–Crippen LogP) is 1.27. The van der Waals surface area contributed by atoms with Crippen LogP contribution in [0.25, 0.3) is 5.69 Å². The molecule has 2 aromatic rings. The van der Waals surface area contributed by atoms with Crippen LogP contribution in [0.5, 0.6) is 0 Å². The molecular weight excluding hydrogens is 210 g/mol. The maximum atomic E-state index is 10.8. The van der Waals surface area contributed by atoms with Crippen LogP contribution in [0.15, 0.2) is 36.8 Å². The molecule has 0 aliphatic heterocycles. The summed E-state index contributed by atoms with van der Waals surface area (Å²) in [6, 6.07) is 6.32. The number of hydrogen-bond acceptors (Lipinski definition) is 4. The summed E-state index contributed by atoms with van der Waals surface area (Å²) in [5, 5.41) is 19.9. The molecule has 82 valence electrons. The molecule has 0 aliphatic rings. The van der Waals surface area contributed by atoms with E-state index in [4.69, 9.17) is 5.11 Å². The minimum Gasteiger partial charge on any atom is -0.390 e. The van der Waals surface area contributed by atoms with Crippen LogP contribution in [0.3, 0.4) is 0 Å². The fourth-order valence-electron chi connectivity index (χ4n) is 1.48. The number of aliphatic hydroxyl groups is 1. The highest BCUT2D eigenvalue weighted by Gasteiger charge is 2.15. The van der Waals surface area contributed by atoms with Gasteiger partial charge in [0.25, 0.3) is 5.69 Å². The van der Waals surface area contributed by atoms with E-state index in [0.717, 1.165) is 0 Å². The van der Waals surface area contributed by atoms with Crippen molar-refractivity contribution in [3.05, 3.63) is 52.6 Å². The van der Waals surface area contributed by atoms with Crippen LogP contribution in [0.2, 0.25) is 0 Å². The molecule has 0 bridgehead atoms. The second-order valence-electron chi connectivity index (χ2n) is 3.16. The predicted molar refractivity (Wildman–Crippen MR) is 56.1 cm³/mol. The lowest BCUT2D eigenvalue weighted by Crippen LogP contribution is -2.02. The van der Waals surface area contributed by atoms with Crippen LogP contribution in [0, 0.1) is 10.1 Å². The first-order valence-electron chi connectivity index (χ1n) is 4.60. The van der Waals surface area contributed by atoms with E-state index in [2.05, 4.69) is 4.98 Å². The van der Waals surface area contributed by atoms with E-state index in [0.29, 0.717) is 11.4 Å². The summed E-state index contributed by atoms with van der Waals surface area (Å²) >= 11 is 0. The topological polar surface area (TPSA) is 81.2 Å². The summed E-state index contributed by atoms with van der Waals surface area (Å²) in [7, 11) is 0. The first-order chi connectivity index (χ1) is 7.74. The lowest BCUT2D eigenvalue weighted by atomic mass is 10.2. The molecule has 6 nitrogen and oxygen atoms in total. The van der Waals surface area contributed by atoms with Gasteiger partial charge in [0.05, 0.1) is 29.7 Å². The number of nitro groups is 1. The monoisotopic (exact) mass is 219 g/mol. The van der Waals surface area contributed by atoms with Crippen molar-refractivity contribution in [1.29, 1.82) is 0 Å². The Balaban J connectivity index is 2.60. The van der Waals surface area contributed by atoms with Gasteiger partial charge >= 0.3 is 0 Å². The molecule has 1 heterocycles. The van der Waals surface area contributed by atoms with E-state index in [1.807, 2.05) is 0 Å². The van der Waals surface area contributed by atoms with Gasteiger partial charge in [0.15, 0.2) is 0 Å². The lowest BCUT2D eigenvalue weighted by molar-refractivity contribution is -0.384. The quantitative estimate of drug-likeness (QED) is 0.622. The molecule has 0 radical (unpaired) electrons. The van der Waals surface area contributed by atoms with Crippen molar-refractivity contribution in [2.75, 3.05) is 0 Å². The highest BCUT2D eigenvalue weighted by atomic mass is 16.6. The Bertz CT molecular complexity index is 522. The van der Waals surface area contributed by atoms with Crippen LogP contribution in [-0.2, 0) is 6.61 Å². The zero-order valence-corrected chi connectivity index (χ0v) is 8.28. The molecule has 0 unspecified atom stereocenters. The third-order valence-corrected chi connectivity index (χ3v) is 2.22. The number of imidazole rings is 1. The summed E-state index contributed by atoms with van der Waals surface area (Å²) in [6.45, 7) is -0.216. The molecule has 0 saturated carbocycles. The van der Waals surface area contributed by atoms with Gasteiger partial charge in [-0.3, -0.25) is 14.7 Å². The van der Waals surface area contributed by atoms with Crippen LogP contribution >= 0.6 is 0 Å². The maximum Gasteiger partial charge on any atom is 0.293 e. The number of nitro benzene ring substituents is 1. The molecule has 2 rings (SSSR count). The normalized spacial score (nSPS) is 10.3. The fraction of sp³-hybridized carbons (Fsp3) is 0.100. The zero-order chi connectivity index (χ0) is 11.5. The molecule has 0 amide bonds. The molecule has 0 spiro atoms. The Labute approximate surface area is 90.9 Å². The average Bonchev–Trinajstić information content (AvgIpc) is 2.76. The first-order valence-corrected chi connectivity index (χ1v) is 4.60. The average molecular weight is 219 g/mol. The van der Waals surface area contributed by atoms with Gasteiger partial charge in [-0.15, -0.1) is 0 Å². The van der Waals surface area contributed by atoms with Gasteiger partial charge < -0.3 is 5.11 Å². The second-order valence-corrected chi connectivity index (χ2v) is 3.16. The van der Waals surface area contributed by atoms with Crippen LogP contribution in [-0.4, -0.2) is 19.6 Å². The Hall–Kier alpha value is -2.21. The minimum absolute atomic E-state index is 0.0183. The van der Waals surface area contributed by atoms with E-state index in [1.165, 1.54) is 23.2 Å². The summed E-state index contributed by atoms with van der Waals surface area (Å²) in [4.78, 5) is 14.2. The van der Waals surface area contributed by atoms with Crippen molar-refractivity contribution >= 4 is 5.69 Å². The maximum absolute atomic E-state index is 10.8. The van der Waals surface area contributed by atoms with Gasteiger partial charge in [-0.05, 0) is 6.07 Å². The molecular formula is C10H9N3O3. The first kappa shape index (κ1) is 10.3. The molecule has 1 aromatic carbocycles. The van der Waals surface area contributed by atoms with E-state index in [1.54, 1.807) is 18.2 Å². The van der Waals surface area contributed by atoms with Crippen molar-refractivity contribution < 1.29 is 10.0 Å². The number of rotatable bonds is 3. The molecule has 1 N–H and O–H groups in total. The summed E-state index contributed by atoms with van der Waals surface area (Å²) in [5.74, 6) is 0. The standard InChI is InChI=1S/C10H9N3O3/c14-6-8-5-11-7-12(8)9-3-1-2-4-10(9)13(15)16/h1-5,7,14H,6H2. The van der Waals surface area contributed by atoms with E-state index in [9.17, 15) is 10.1 Å². The van der Waals surface area contributed by atoms with Crippen LogP contribution in [0.1, 0.15) is 5.69 Å². The third kappa shape index (κ3) is 1.66. The van der Waals surface area contributed by atoms with Gasteiger partial charge in [-0.1, -0.05) is 12.1 Å². The number of aromatic nitrogens is 2. The number of aliphatic hydroxyl groups excluding tert-OH is 1. The Kier molecular flexibility index (Phi) is 2.65. The third-order valence-electron chi connectivity index (χ3n) is 2.22. The van der Waals surface area contributed by atoms with E-state index < -0.39 is 4.92 Å². The lowest BCUT2D eigenvalue weighted by Gasteiger charge is -2.06. The van der Waals surface area contributed by atoms with Crippen molar-refractivity contribution in [3.8, 4) is 5.69 Å². The second kappa shape index (κ2) is 4.11. The Morgan fingerprint density at radius 1 is 1.44 bits per heavy atom. The highest BCUT2D eigenvalue weighted by Crippen LogP contribution is 2.23. The van der Waals surface area contributed by atoms with Crippen molar-refractivity contribution in [2.45, 2.75) is 6.61 Å². The van der Waals surface area contributed by atoms with Gasteiger partial charge in [0, 0.05) is 6.07 Å². The molecule has 0 atom stereocenters. The Morgan fingerprint density at radius 3 is 2.88 bits per heavy atom. The SMILES string of the molecule is O=[N+]([O-])c1ccccc1-n1cncc1CO. The summed E-state index contributed by atoms with van der Waals surface area (Å²) in [5.41, 5.74) is 0.888. The number of nitrogens with zero attached hydrogens (tertiary/aromatic N) is 3. The van der Waals surface area contributed by atoms with Gasteiger partial charge in [-0.2, -0.15) is 0 Å². The molecule has 0 saturated heterocycles. The van der Waals surface area contributed by atoms with Crippen molar-refractivity contribution in [2.24, 2.45) is 0 Å². The van der Waals surface area contributed by atoms with Crippen LogP contribution < -0.4 is 0 Å². The molecule has 0 fully saturated rings. The summed E-state index contributed by atoms with van der Waals surface area (Å²) < 4.78 is 1.50. The fourth-order valence-corrected chi connectivity index (χ4v) is 1.48. The number of hydrogen-bond donors (Lipinski definition) is 1. The molecule has 16 heavy (non-hydrogen) atoms. The molecule has 0 aliphatic carbocycles. The van der Waals surface area contributed by atoms with Crippen molar-refractivity contribution in [3.63, 3.8) is 0 Å². The van der Waals surface area contributed by atoms with E-state index in [-0.39, 0.29) is 12.3 Å². The zero-order valence-electron chi connectivity index (χ0n) is 8.28. The highest BCUT2D eigenvalue weighted by molar-refractivity contribution is 5.52.